The van der Waals surface area contributed by atoms with E-state index in [1.807, 2.05) is 6.92 Å². The predicted molar refractivity (Wildman–Crippen MR) is 138 cm³/mol. The van der Waals surface area contributed by atoms with Crippen LogP contribution in [0.5, 0.6) is 0 Å². The average molecular weight is 485 g/mol. The largest absolute Gasteiger partial charge is 0.458 e. The van der Waals surface area contributed by atoms with Gasteiger partial charge in [-0.3, -0.25) is 20.2 Å². The summed E-state index contributed by atoms with van der Waals surface area (Å²) in [6.07, 6.45) is 14.5. The molecule has 35 heavy (non-hydrogen) atoms. The van der Waals surface area contributed by atoms with Crippen LogP contribution in [0.3, 0.4) is 0 Å². The number of hydrogen-bond acceptors (Lipinski definition) is 6. The van der Waals surface area contributed by atoms with E-state index in [4.69, 9.17) is 4.74 Å². The highest BCUT2D eigenvalue weighted by Crippen LogP contribution is 2.23. The first-order valence-electron chi connectivity index (χ1n) is 11.7. The molecule has 190 valence electrons. The minimum absolute atomic E-state index is 0.0132. The zero-order chi connectivity index (χ0) is 26.4. The molecule has 0 fully saturated rings. The van der Waals surface area contributed by atoms with Crippen LogP contribution in [0.15, 0.2) is 64.8 Å². The first-order chi connectivity index (χ1) is 16.5. The molecule has 0 bridgehead atoms. The van der Waals surface area contributed by atoms with Gasteiger partial charge < -0.3 is 4.74 Å². The number of esters is 1. The van der Waals surface area contributed by atoms with Crippen LogP contribution in [-0.2, 0) is 4.74 Å². The molecule has 8 heteroatoms. The van der Waals surface area contributed by atoms with Crippen molar-refractivity contribution in [2.24, 2.45) is 0 Å². The lowest BCUT2D eigenvalue weighted by atomic mass is 10.0. The van der Waals surface area contributed by atoms with E-state index in [1.165, 1.54) is 16.7 Å². The molecule has 0 aromatic heterocycles. The lowest BCUT2D eigenvalue weighted by molar-refractivity contribution is -0.394. The normalized spacial score (nSPS) is 12.3. The molecule has 0 aliphatic rings. The van der Waals surface area contributed by atoms with E-state index in [9.17, 15) is 25.0 Å². The fraction of sp³-hybridized carbons (Fsp3) is 0.444. The van der Waals surface area contributed by atoms with Gasteiger partial charge in [0.2, 0.25) is 0 Å². The quantitative estimate of drug-likeness (QED) is 0.115. The van der Waals surface area contributed by atoms with E-state index >= 15 is 0 Å². The maximum atomic E-state index is 12.2. The molecule has 0 amide bonds. The number of hydrogen-bond donors (Lipinski definition) is 0. The molecule has 0 atom stereocenters. The SMILES string of the molecule is CC(C)=CCC/C(C)=C/CC/C(C)=C/CCC(C)=CCOC(=O)c1cc([N+](=O)[O-])cc([N+](=O)[O-])c1. The maximum absolute atomic E-state index is 12.2. The smallest absolute Gasteiger partial charge is 0.338 e. The van der Waals surface area contributed by atoms with Crippen LogP contribution < -0.4 is 0 Å². The summed E-state index contributed by atoms with van der Waals surface area (Å²) in [5, 5.41) is 21.9. The predicted octanol–water partition coefficient (Wildman–Crippen LogP) is 7.81. The Morgan fingerprint density at radius 2 is 1.17 bits per heavy atom. The van der Waals surface area contributed by atoms with E-state index in [-0.39, 0.29) is 12.2 Å². The van der Waals surface area contributed by atoms with Crippen molar-refractivity contribution in [2.45, 2.75) is 73.1 Å². The first kappa shape index (κ1) is 29.5. The van der Waals surface area contributed by atoms with Gasteiger partial charge in [-0.25, -0.2) is 4.79 Å². The Morgan fingerprint density at radius 3 is 1.60 bits per heavy atom. The highest BCUT2D eigenvalue weighted by Gasteiger charge is 2.20. The van der Waals surface area contributed by atoms with Crippen molar-refractivity contribution >= 4 is 17.3 Å². The fourth-order valence-corrected chi connectivity index (χ4v) is 3.25. The molecule has 1 rings (SSSR count). The van der Waals surface area contributed by atoms with Crippen LogP contribution in [-0.4, -0.2) is 22.4 Å². The summed E-state index contributed by atoms with van der Waals surface area (Å²) in [5.41, 5.74) is 3.86. The molecule has 0 N–H and O–H groups in total. The molecule has 0 unspecified atom stereocenters. The van der Waals surface area contributed by atoms with E-state index in [0.29, 0.717) is 0 Å². The number of nitro groups is 2. The summed E-state index contributed by atoms with van der Waals surface area (Å²) in [6, 6.07) is 2.75. The molecule has 0 aliphatic heterocycles. The summed E-state index contributed by atoms with van der Waals surface area (Å²) >= 11 is 0. The highest BCUT2D eigenvalue weighted by molar-refractivity contribution is 5.91. The monoisotopic (exact) mass is 484 g/mol. The van der Waals surface area contributed by atoms with Crippen LogP contribution in [0.2, 0.25) is 0 Å². The summed E-state index contributed by atoms with van der Waals surface area (Å²) in [4.78, 5) is 32.6. The zero-order valence-corrected chi connectivity index (χ0v) is 21.3. The van der Waals surface area contributed by atoms with Crippen LogP contribution >= 0.6 is 0 Å². The summed E-state index contributed by atoms with van der Waals surface area (Å²) < 4.78 is 5.13. The van der Waals surface area contributed by atoms with Crippen molar-refractivity contribution in [3.63, 3.8) is 0 Å². The number of non-ortho nitro benzene ring substituents is 2. The molecule has 0 spiro atoms. The number of nitrogens with zero attached hydrogens (tertiary/aromatic N) is 2. The van der Waals surface area contributed by atoms with Gasteiger partial charge in [-0.1, -0.05) is 40.5 Å². The van der Waals surface area contributed by atoms with Crippen LogP contribution in [0.25, 0.3) is 0 Å². The standard InChI is InChI=1S/C27H36N2O6/c1-20(2)9-6-10-21(3)11-7-12-22(4)13-8-14-23(5)15-16-35-27(30)24-17-25(28(31)32)19-26(18-24)29(33)34/h9,11,13,15,17-19H,6-8,10,12,14,16H2,1-5H3/b21-11+,22-13+,23-15?. The Bertz CT molecular complexity index is 998. The van der Waals surface area contributed by atoms with Crippen molar-refractivity contribution in [1.29, 1.82) is 0 Å². The molecule has 0 aliphatic carbocycles. The molecule has 1 aromatic carbocycles. The number of rotatable bonds is 14. The number of nitro benzene ring substituents is 2. The third-order valence-corrected chi connectivity index (χ3v) is 5.36. The van der Waals surface area contributed by atoms with Crippen molar-refractivity contribution in [3.8, 4) is 0 Å². The lowest BCUT2D eigenvalue weighted by Crippen LogP contribution is -2.07. The van der Waals surface area contributed by atoms with E-state index in [1.54, 1.807) is 6.08 Å². The average Bonchev–Trinajstić information content (AvgIpc) is 2.78. The molecule has 0 heterocycles. The third-order valence-electron chi connectivity index (χ3n) is 5.36. The second-order valence-electron chi connectivity index (χ2n) is 8.90. The van der Waals surface area contributed by atoms with E-state index < -0.39 is 27.2 Å². The third kappa shape index (κ3) is 12.5. The molecule has 0 saturated heterocycles. The Hall–Kier alpha value is -3.55. The van der Waals surface area contributed by atoms with Crippen LogP contribution in [0.4, 0.5) is 11.4 Å². The Morgan fingerprint density at radius 1 is 0.743 bits per heavy atom. The molecular formula is C27H36N2O6. The van der Waals surface area contributed by atoms with Crippen molar-refractivity contribution in [3.05, 3.63) is 90.6 Å². The summed E-state index contributed by atoms with van der Waals surface area (Å²) in [7, 11) is 0. The second kappa shape index (κ2) is 15.4. The topological polar surface area (TPSA) is 113 Å². The van der Waals surface area contributed by atoms with Gasteiger partial charge in [0.25, 0.3) is 11.4 Å². The summed E-state index contributed by atoms with van der Waals surface area (Å²) in [6.45, 7) is 10.5. The van der Waals surface area contributed by atoms with Gasteiger partial charge in [0.15, 0.2) is 0 Å². The minimum atomic E-state index is -0.846. The van der Waals surface area contributed by atoms with Gasteiger partial charge in [0.05, 0.1) is 21.5 Å². The number of benzene rings is 1. The Kier molecular flexibility index (Phi) is 12.9. The lowest BCUT2D eigenvalue weighted by Gasteiger charge is -2.04. The molecule has 1 aromatic rings. The second-order valence-corrected chi connectivity index (χ2v) is 8.90. The van der Waals surface area contributed by atoms with Gasteiger partial charge in [0, 0.05) is 12.1 Å². The molecule has 8 nitrogen and oxygen atoms in total. The number of allylic oxidation sites excluding steroid dienone is 7. The number of carbonyl (C=O) groups is 1. The van der Waals surface area contributed by atoms with E-state index in [2.05, 4.69) is 45.9 Å². The molecule has 0 radical (unpaired) electrons. The molecule has 0 saturated carbocycles. The van der Waals surface area contributed by atoms with Crippen LogP contribution in [0, 0.1) is 20.2 Å². The number of ether oxygens (including phenoxy) is 1. The maximum Gasteiger partial charge on any atom is 0.338 e. The zero-order valence-electron chi connectivity index (χ0n) is 21.3. The minimum Gasteiger partial charge on any atom is -0.458 e. The van der Waals surface area contributed by atoms with Crippen molar-refractivity contribution < 1.29 is 19.4 Å². The Labute approximate surface area is 207 Å². The molecular weight excluding hydrogens is 448 g/mol. The van der Waals surface area contributed by atoms with Gasteiger partial charge in [-0.15, -0.1) is 0 Å². The fourth-order valence-electron chi connectivity index (χ4n) is 3.25. The van der Waals surface area contributed by atoms with Gasteiger partial charge in [0.1, 0.15) is 6.61 Å². The first-order valence-corrected chi connectivity index (χ1v) is 11.7. The van der Waals surface area contributed by atoms with E-state index in [0.717, 1.165) is 62.3 Å². The highest BCUT2D eigenvalue weighted by atomic mass is 16.6. The number of carbonyl (C=O) groups excluding carboxylic acids is 1. The van der Waals surface area contributed by atoms with Crippen molar-refractivity contribution in [1.82, 2.24) is 0 Å². The van der Waals surface area contributed by atoms with Crippen LogP contribution in [0.1, 0.15) is 83.5 Å². The van der Waals surface area contributed by atoms with Crippen molar-refractivity contribution in [2.75, 3.05) is 6.61 Å². The summed E-state index contributed by atoms with van der Waals surface area (Å²) in [5.74, 6) is -0.846. The van der Waals surface area contributed by atoms with Gasteiger partial charge in [-0.2, -0.15) is 0 Å². The van der Waals surface area contributed by atoms with Gasteiger partial charge in [-0.05, 0) is 79.2 Å². The van der Waals surface area contributed by atoms with Gasteiger partial charge >= 0.3 is 5.97 Å². The Balaban J connectivity index is 2.48.